The number of ether oxygens (including phenoxy) is 5. The molecule has 6 rings (SSSR count). The summed E-state index contributed by atoms with van der Waals surface area (Å²) in [5.41, 5.74) is 2.70. The number of thiol groups is 1. The molecule has 4 aliphatic heterocycles. The third-order valence-electron chi connectivity index (χ3n) is 6.82. The first-order chi connectivity index (χ1) is 14.3. The van der Waals surface area contributed by atoms with Crippen LogP contribution >= 0.6 is 12.6 Å². The molecule has 0 saturated carbocycles. The Morgan fingerprint density at radius 2 is 2.00 bits per heavy atom. The lowest BCUT2D eigenvalue weighted by Gasteiger charge is -2.40. The van der Waals surface area contributed by atoms with Gasteiger partial charge < -0.3 is 23.7 Å². The molecular formula is C22H25NO6S. The molecule has 8 heteroatoms. The molecular weight excluding hydrogens is 406 g/mol. The van der Waals surface area contributed by atoms with E-state index >= 15 is 0 Å². The number of fused-ring (bicyclic) bond motifs is 4. The largest absolute Gasteiger partial charge is 0.454 e. The van der Waals surface area contributed by atoms with Crippen LogP contribution in [0.2, 0.25) is 0 Å². The third kappa shape index (κ3) is 2.48. The Bertz CT molecular complexity index is 990. The normalized spacial score (nSPS) is 35.5. The van der Waals surface area contributed by atoms with Crippen molar-refractivity contribution in [1.82, 2.24) is 4.90 Å². The molecule has 1 aromatic carbocycles. The number of carbonyl (C=O) groups is 1. The Hall–Kier alpha value is -1.74. The van der Waals surface area contributed by atoms with Gasteiger partial charge in [0.15, 0.2) is 17.3 Å². The molecule has 0 N–H and O–H groups in total. The van der Waals surface area contributed by atoms with Crippen LogP contribution in [0, 0.1) is 0 Å². The molecule has 0 radical (unpaired) electrons. The average molecular weight is 432 g/mol. The lowest BCUT2D eigenvalue weighted by Crippen LogP contribution is -2.53. The third-order valence-corrected chi connectivity index (χ3v) is 7.17. The zero-order valence-electron chi connectivity index (χ0n) is 17.3. The van der Waals surface area contributed by atoms with E-state index < -0.39 is 17.4 Å². The average Bonchev–Trinajstić information content (AvgIpc) is 3.35. The first-order valence-corrected chi connectivity index (χ1v) is 10.9. The van der Waals surface area contributed by atoms with E-state index in [0.717, 1.165) is 48.4 Å². The SMILES string of the molecule is CC(=O)OC1=C2c3cc4c(cc3CCN3C[C@H](S)C[C@@]23[C@@H]2OC(C)(C)O[C@H]12)OCO4. The van der Waals surface area contributed by atoms with Gasteiger partial charge in [-0.3, -0.25) is 9.69 Å². The summed E-state index contributed by atoms with van der Waals surface area (Å²) in [7, 11) is 0. The first kappa shape index (κ1) is 19.0. The molecule has 1 aromatic rings. The fraction of sp³-hybridized carbons (Fsp3) is 0.591. The van der Waals surface area contributed by atoms with E-state index in [1.807, 2.05) is 19.9 Å². The summed E-state index contributed by atoms with van der Waals surface area (Å²) in [6.07, 6.45) is 0.930. The smallest absolute Gasteiger partial charge is 0.307 e. The maximum Gasteiger partial charge on any atom is 0.307 e. The van der Waals surface area contributed by atoms with Crippen LogP contribution in [0.1, 0.15) is 38.3 Å². The molecule has 7 nitrogen and oxygen atoms in total. The molecule has 4 heterocycles. The lowest BCUT2D eigenvalue weighted by molar-refractivity contribution is -0.159. The second-order valence-electron chi connectivity index (χ2n) is 9.15. The van der Waals surface area contributed by atoms with Crippen molar-refractivity contribution in [2.24, 2.45) is 0 Å². The Balaban J connectivity index is 1.63. The maximum atomic E-state index is 12.1. The number of esters is 1. The Kier molecular flexibility index (Phi) is 3.90. The summed E-state index contributed by atoms with van der Waals surface area (Å²) in [4.78, 5) is 14.6. The molecule has 0 aromatic heterocycles. The molecule has 1 spiro atoms. The number of nitrogens with zero attached hydrogens (tertiary/aromatic N) is 1. The quantitative estimate of drug-likeness (QED) is 0.541. The lowest BCUT2D eigenvalue weighted by atomic mass is 9.81. The number of benzene rings is 1. The van der Waals surface area contributed by atoms with Gasteiger partial charge >= 0.3 is 5.97 Å². The number of hydrogen-bond acceptors (Lipinski definition) is 8. The van der Waals surface area contributed by atoms with Crippen molar-refractivity contribution >= 4 is 24.2 Å². The van der Waals surface area contributed by atoms with Crippen molar-refractivity contribution in [3.8, 4) is 11.5 Å². The van der Waals surface area contributed by atoms with Crippen LogP contribution in [-0.4, -0.2) is 59.5 Å². The Labute approximate surface area is 180 Å². The van der Waals surface area contributed by atoms with E-state index in [9.17, 15) is 4.79 Å². The monoisotopic (exact) mass is 431 g/mol. The second-order valence-corrected chi connectivity index (χ2v) is 9.88. The first-order valence-electron chi connectivity index (χ1n) is 10.4. The van der Waals surface area contributed by atoms with Gasteiger partial charge in [-0.1, -0.05) is 0 Å². The molecule has 30 heavy (non-hydrogen) atoms. The fourth-order valence-corrected chi connectivity index (χ4v) is 6.40. The molecule has 5 aliphatic rings. The van der Waals surface area contributed by atoms with Crippen LogP contribution in [0.25, 0.3) is 5.57 Å². The van der Waals surface area contributed by atoms with Gasteiger partial charge in [0.1, 0.15) is 18.0 Å². The van der Waals surface area contributed by atoms with Crippen molar-refractivity contribution in [3.63, 3.8) is 0 Å². The van der Waals surface area contributed by atoms with Gasteiger partial charge in [0.2, 0.25) is 6.79 Å². The van der Waals surface area contributed by atoms with Gasteiger partial charge in [-0.25, -0.2) is 0 Å². The molecule has 2 saturated heterocycles. The van der Waals surface area contributed by atoms with E-state index in [1.54, 1.807) is 0 Å². The van der Waals surface area contributed by atoms with Crippen LogP contribution in [0.4, 0.5) is 0 Å². The Morgan fingerprint density at radius 1 is 1.23 bits per heavy atom. The summed E-state index contributed by atoms with van der Waals surface area (Å²) >= 11 is 4.85. The van der Waals surface area contributed by atoms with E-state index in [0.29, 0.717) is 11.5 Å². The predicted molar refractivity (Wildman–Crippen MR) is 110 cm³/mol. The van der Waals surface area contributed by atoms with Crippen molar-refractivity contribution in [3.05, 3.63) is 29.0 Å². The van der Waals surface area contributed by atoms with Crippen LogP contribution < -0.4 is 9.47 Å². The molecule has 4 atom stereocenters. The highest BCUT2D eigenvalue weighted by Crippen LogP contribution is 2.60. The van der Waals surface area contributed by atoms with Gasteiger partial charge in [0.05, 0.1) is 5.54 Å². The highest BCUT2D eigenvalue weighted by molar-refractivity contribution is 7.81. The van der Waals surface area contributed by atoms with Crippen LogP contribution in [0.15, 0.2) is 17.9 Å². The minimum atomic E-state index is -0.759. The topological polar surface area (TPSA) is 66.5 Å². The zero-order valence-corrected chi connectivity index (χ0v) is 18.2. The van der Waals surface area contributed by atoms with Crippen LogP contribution in [0.3, 0.4) is 0 Å². The van der Waals surface area contributed by atoms with E-state index in [1.165, 1.54) is 6.92 Å². The van der Waals surface area contributed by atoms with Gasteiger partial charge in [0, 0.05) is 30.8 Å². The summed E-state index contributed by atoms with van der Waals surface area (Å²) in [5.74, 6) is 0.920. The van der Waals surface area contributed by atoms with Gasteiger partial charge in [0.25, 0.3) is 0 Å². The molecule has 0 bridgehead atoms. The van der Waals surface area contributed by atoms with E-state index in [-0.39, 0.29) is 24.1 Å². The Morgan fingerprint density at radius 3 is 2.77 bits per heavy atom. The maximum absolute atomic E-state index is 12.1. The van der Waals surface area contributed by atoms with Crippen molar-refractivity contribution in [1.29, 1.82) is 0 Å². The highest BCUT2D eigenvalue weighted by atomic mass is 32.1. The van der Waals surface area contributed by atoms with Crippen molar-refractivity contribution in [2.75, 3.05) is 19.9 Å². The molecule has 0 amide bonds. The standard InChI is InChI=1S/C22H25NO6S/c1-11(24)27-18-17-14-7-16-15(25-10-26-16)6-12(14)4-5-23-9-13(30)8-22(17,23)20-19(18)28-21(2,3)29-20/h6-7,13,19-20,30H,4-5,8-10H2,1-3H3/t13-,19-,20-,22+/m1/s1. The minimum absolute atomic E-state index is 0.195. The van der Waals surface area contributed by atoms with Crippen LogP contribution in [0.5, 0.6) is 11.5 Å². The molecule has 2 fully saturated rings. The second kappa shape index (κ2) is 6.16. The van der Waals surface area contributed by atoms with Crippen LogP contribution in [-0.2, 0) is 25.4 Å². The zero-order chi connectivity index (χ0) is 20.8. The highest BCUT2D eigenvalue weighted by Gasteiger charge is 2.67. The summed E-state index contributed by atoms with van der Waals surface area (Å²) in [6, 6.07) is 4.09. The predicted octanol–water partition coefficient (Wildman–Crippen LogP) is 2.52. The van der Waals surface area contributed by atoms with Gasteiger partial charge in [-0.05, 0) is 49.9 Å². The van der Waals surface area contributed by atoms with Gasteiger partial charge in [-0.15, -0.1) is 0 Å². The molecule has 160 valence electrons. The fourth-order valence-electron chi connectivity index (χ4n) is 5.93. The number of rotatable bonds is 1. The van der Waals surface area contributed by atoms with Crippen molar-refractivity contribution < 1.29 is 28.5 Å². The van der Waals surface area contributed by atoms with Gasteiger partial charge in [-0.2, -0.15) is 12.6 Å². The summed E-state index contributed by atoms with van der Waals surface area (Å²) in [6.45, 7) is 7.16. The minimum Gasteiger partial charge on any atom is -0.454 e. The van der Waals surface area contributed by atoms with E-state index in [4.69, 9.17) is 36.3 Å². The van der Waals surface area contributed by atoms with E-state index in [2.05, 4.69) is 11.0 Å². The molecule has 0 unspecified atom stereocenters. The molecule has 1 aliphatic carbocycles. The summed E-state index contributed by atoms with van der Waals surface area (Å²) in [5, 5.41) is 0.195. The summed E-state index contributed by atoms with van der Waals surface area (Å²) < 4.78 is 30.0. The van der Waals surface area contributed by atoms with Crippen molar-refractivity contribution in [2.45, 2.75) is 62.4 Å². The number of hydrogen-bond donors (Lipinski definition) is 1. The number of carbonyl (C=O) groups excluding carboxylic acids is 1.